The maximum atomic E-state index is 11.4. The van der Waals surface area contributed by atoms with Crippen LogP contribution in [-0.4, -0.2) is 91.5 Å². The number of guanidine groups is 1. The third kappa shape index (κ3) is 6.72. The molecule has 0 bridgehead atoms. The van der Waals surface area contributed by atoms with Crippen molar-refractivity contribution < 1.29 is 9.53 Å². The molecule has 8 nitrogen and oxygen atoms in total. The van der Waals surface area contributed by atoms with Crippen molar-refractivity contribution in [3.63, 3.8) is 0 Å². The molecule has 0 spiro atoms. The summed E-state index contributed by atoms with van der Waals surface area (Å²) in [5.41, 5.74) is 1.03. The Morgan fingerprint density at radius 3 is 2.75 bits per heavy atom. The van der Waals surface area contributed by atoms with E-state index in [-0.39, 0.29) is 12.0 Å². The summed E-state index contributed by atoms with van der Waals surface area (Å²) < 4.78 is 5.34. The first-order valence-electron chi connectivity index (χ1n) is 9.89. The molecule has 0 aliphatic carbocycles. The molecule has 1 aliphatic heterocycles. The average Bonchev–Trinajstić information content (AvgIpc) is 3.15. The summed E-state index contributed by atoms with van der Waals surface area (Å²) >= 11 is 1.63. The van der Waals surface area contributed by atoms with Gasteiger partial charge in [-0.15, -0.1) is 11.3 Å². The number of amides is 1. The summed E-state index contributed by atoms with van der Waals surface area (Å²) in [7, 11) is 3.74. The van der Waals surface area contributed by atoms with Gasteiger partial charge in [0, 0.05) is 65.7 Å². The van der Waals surface area contributed by atoms with E-state index in [1.807, 2.05) is 18.9 Å². The minimum Gasteiger partial charge on any atom is -0.375 e. The molecule has 1 aliphatic rings. The number of hydrogen-bond donors (Lipinski definition) is 1. The highest BCUT2D eigenvalue weighted by Gasteiger charge is 2.18. The predicted octanol–water partition coefficient (Wildman–Crippen LogP) is 1.41. The zero-order valence-electron chi connectivity index (χ0n) is 17.8. The minimum atomic E-state index is 0.0226. The van der Waals surface area contributed by atoms with Gasteiger partial charge in [-0.3, -0.25) is 14.7 Å². The molecule has 158 valence electrons. The Morgan fingerprint density at radius 1 is 1.43 bits per heavy atom. The molecule has 1 amide bonds. The Kier molecular flexibility index (Phi) is 9.14. The molecule has 1 N–H and O–H groups in total. The van der Waals surface area contributed by atoms with Crippen molar-refractivity contribution in [2.24, 2.45) is 4.99 Å². The van der Waals surface area contributed by atoms with Crippen molar-refractivity contribution in [3.05, 3.63) is 16.1 Å². The van der Waals surface area contributed by atoms with Gasteiger partial charge in [0.15, 0.2) is 5.96 Å². The lowest BCUT2D eigenvalue weighted by Crippen LogP contribution is -2.48. The molecule has 9 heteroatoms. The van der Waals surface area contributed by atoms with Gasteiger partial charge in [0.25, 0.3) is 0 Å². The van der Waals surface area contributed by atoms with E-state index in [1.54, 1.807) is 25.4 Å². The fraction of sp³-hybridized carbons (Fsp3) is 0.737. The molecule has 1 atom stereocenters. The largest absolute Gasteiger partial charge is 0.375 e. The molecule has 1 fully saturated rings. The number of carbonyl (C=O) groups excluding carboxylic acids is 1. The molecule has 1 aromatic heterocycles. The Bertz CT molecular complexity index is 642. The number of nitrogens with zero attached hydrogens (tertiary/aromatic N) is 5. The SMILES string of the molecule is CCNC(=NCCN1CCN(C(C)=O)CC1)N(C)Cc1csc(C(C)OC)n1. The van der Waals surface area contributed by atoms with Crippen molar-refractivity contribution in [3.8, 4) is 0 Å². The van der Waals surface area contributed by atoms with Crippen LogP contribution in [0.3, 0.4) is 0 Å². The first kappa shape index (κ1) is 22.6. The summed E-state index contributed by atoms with van der Waals surface area (Å²) in [5.74, 6) is 1.05. The van der Waals surface area contributed by atoms with Crippen LogP contribution < -0.4 is 5.32 Å². The average molecular weight is 411 g/mol. The van der Waals surface area contributed by atoms with Crippen molar-refractivity contribution in [2.45, 2.75) is 33.4 Å². The lowest BCUT2D eigenvalue weighted by Gasteiger charge is -2.33. The van der Waals surface area contributed by atoms with Crippen molar-refractivity contribution in [2.75, 3.05) is 60.0 Å². The highest BCUT2D eigenvalue weighted by atomic mass is 32.1. The zero-order chi connectivity index (χ0) is 20.5. The molecule has 1 unspecified atom stereocenters. The Labute approximate surface area is 172 Å². The van der Waals surface area contributed by atoms with Gasteiger partial charge in [-0.1, -0.05) is 0 Å². The molecule has 2 rings (SSSR count). The van der Waals surface area contributed by atoms with E-state index in [2.05, 4.69) is 32.4 Å². The third-order valence-corrected chi connectivity index (χ3v) is 5.92. The number of methoxy groups -OCH3 is 1. The van der Waals surface area contributed by atoms with Gasteiger partial charge >= 0.3 is 0 Å². The summed E-state index contributed by atoms with van der Waals surface area (Å²) in [4.78, 5) is 27.2. The van der Waals surface area contributed by atoms with E-state index in [0.717, 1.165) is 62.5 Å². The number of hydrogen-bond acceptors (Lipinski definition) is 6. The molecular weight excluding hydrogens is 376 g/mol. The molecule has 0 radical (unpaired) electrons. The van der Waals surface area contributed by atoms with Crippen LogP contribution in [0.2, 0.25) is 0 Å². The number of nitrogens with one attached hydrogen (secondary N) is 1. The van der Waals surface area contributed by atoms with Crippen LogP contribution >= 0.6 is 11.3 Å². The highest BCUT2D eigenvalue weighted by Crippen LogP contribution is 2.20. The van der Waals surface area contributed by atoms with Gasteiger partial charge in [0.1, 0.15) is 11.1 Å². The van der Waals surface area contributed by atoms with E-state index in [1.165, 1.54) is 0 Å². The van der Waals surface area contributed by atoms with Crippen LogP contribution in [0, 0.1) is 0 Å². The summed E-state index contributed by atoms with van der Waals surface area (Å²) in [6.45, 7) is 12.3. The quantitative estimate of drug-likeness (QED) is 0.516. The first-order chi connectivity index (χ1) is 13.4. The molecule has 0 saturated carbocycles. The standard InChI is InChI=1S/C19H34N6O2S/c1-6-20-19(21-7-8-24-9-11-25(12-10-24)16(3)26)23(4)13-17-14-28-18(22-17)15(2)27-5/h14-15H,6-13H2,1-5H3,(H,20,21). The number of aromatic nitrogens is 1. The number of piperazine rings is 1. The van der Waals surface area contributed by atoms with Gasteiger partial charge in [0.2, 0.25) is 5.91 Å². The van der Waals surface area contributed by atoms with Crippen LogP contribution in [-0.2, 0) is 16.1 Å². The number of ether oxygens (including phenoxy) is 1. The Balaban J connectivity index is 1.85. The van der Waals surface area contributed by atoms with E-state index in [4.69, 9.17) is 9.73 Å². The third-order valence-electron chi connectivity index (χ3n) is 4.86. The predicted molar refractivity (Wildman–Crippen MR) is 114 cm³/mol. The summed E-state index contributed by atoms with van der Waals surface area (Å²) in [6, 6.07) is 0. The molecule has 2 heterocycles. The topological polar surface area (TPSA) is 73.3 Å². The summed E-state index contributed by atoms with van der Waals surface area (Å²) in [6.07, 6.45) is 0.0226. The van der Waals surface area contributed by atoms with Gasteiger partial charge in [-0.05, 0) is 13.8 Å². The second-order valence-corrected chi connectivity index (χ2v) is 7.88. The number of rotatable bonds is 8. The lowest BCUT2D eigenvalue weighted by atomic mass is 10.3. The van der Waals surface area contributed by atoms with Crippen LogP contribution in [0.25, 0.3) is 0 Å². The normalized spacial score (nSPS) is 16.9. The second kappa shape index (κ2) is 11.3. The van der Waals surface area contributed by atoms with Crippen molar-refractivity contribution in [1.29, 1.82) is 0 Å². The van der Waals surface area contributed by atoms with Gasteiger partial charge < -0.3 is 19.9 Å². The summed E-state index contributed by atoms with van der Waals surface area (Å²) in [5, 5.41) is 6.44. The maximum absolute atomic E-state index is 11.4. The second-order valence-electron chi connectivity index (χ2n) is 6.99. The molecule has 0 aromatic carbocycles. The van der Waals surface area contributed by atoms with E-state index < -0.39 is 0 Å². The Hall–Kier alpha value is -1.71. The van der Waals surface area contributed by atoms with E-state index >= 15 is 0 Å². The minimum absolute atomic E-state index is 0.0226. The lowest BCUT2D eigenvalue weighted by molar-refractivity contribution is -0.130. The van der Waals surface area contributed by atoms with Crippen LogP contribution in [0.4, 0.5) is 0 Å². The Morgan fingerprint density at radius 2 is 2.14 bits per heavy atom. The monoisotopic (exact) mass is 410 g/mol. The first-order valence-corrected chi connectivity index (χ1v) is 10.8. The fourth-order valence-electron chi connectivity index (χ4n) is 3.05. The smallest absolute Gasteiger partial charge is 0.219 e. The number of aliphatic imine (C=N–C) groups is 1. The fourth-order valence-corrected chi connectivity index (χ4v) is 3.90. The number of thiazole rings is 1. The van der Waals surface area contributed by atoms with Gasteiger partial charge in [0.05, 0.1) is 18.8 Å². The van der Waals surface area contributed by atoms with Gasteiger partial charge in [-0.25, -0.2) is 4.98 Å². The zero-order valence-corrected chi connectivity index (χ0v) is 18.6. The maximum Gasteiger partial charge on any atom is 0.219 e. The highest BCUT2D eigenvalue weighted by molar-refractivity contribution is 7.09. The van der Waals surface area contributed by atoms with Crippen molar-refractivity contribution in [1.82, 2.24) is 25.0 Å². The molecule has 1 aromatic rings. The number of carbonyl (C=O) groups is 1. The molecule has 28 heavy (non-hydrogen) atoms. The van der Waals surface area contributed by atoms with E-state index in [9.17, 15) is 4.79 Å². The van der Waals surface area contributed by atoms with Crippen LogP contribution in [0.1, 0.15) is 37.6 Å². The van der Waals surface area contributed by atoms with E-state index in [0.29, 0.717) is 6.54 Å². The van der Waals surface area contributed by atoms with Gasteiger partial charge in [-0.2, -0.15) is 0 Å². The molecule has 1 saturated heterocycles. The molecular formula is C19H34N6O2S. The van der Waals surface area contributed by atoms with Crippen LogP contribution in [0.15, 0.2) is 10.4 Å². The van der Waals surface area contributed by atoms with Crippen molar-refractivity contribution >= 4 is 23.2 Å². The van der Waals surface area contributed by atoms with Crippen LogP contribution in [0.5, 0.6) is 0 Å².